The third-order valence-electron chi connectivity index (χ3n) is 8.88. The van der Waals surface area contributed by atoms with Crippen LogP contribution in [0.5, 0.6) is 5.75 Å². The summed E-state index contributed by atoms with van der Waals surface area (Å²) in [4.78, 5) is 45.0. The Morgan fingerprint density at radius 1 is 1.07 bits per heavy atom. The molecule has 1 aromatic heterocycles. The lowest BCUT2D eigenvalue weighted by molar-refractivity contribution is -0.144. The van der Waals surface area contributed by atoms with E-state index in [1.807, 2.05) is 25.1 Å². The third-order valence-corrected chi connectivity index (χ3v) is 8.88. The van der Waals surface area contributed by atoms with Crippen LogP contribution in [-0.2, 0) is 21.4 Å². The summed E-state index contributed by atoms with van der Waals surface area (Å²) in [6, 6.07) is 7.49. The number of rotatable bonds is 12. The molecule has 2 saturated heterocycles. The average molecular weight is 634 g/mol. The van der Waals surface area contributed by atoms with E-state index in [9.17, 15) is 32.7 Å². The smallest absolute Gasteiger partial charge is 0.417 e. The molecule has 2 fully saturated rings. The molecule has 2 unspecified atom stereocenters. The SMILES string of the molecule is CCCC1C(C(=O)N2CCC(O)(c3ccccc3OCCCCCC(=O)O)CC2)CCCN1C(=O)c1cnccc1C(F)(F)F. The van der Waals surface area contributed by atoms with Crippen LogP contribution in [0.25, 0.3) is 0 Å². The summed E-state index contributed by atoms with van der Waals surface area (Å²) in [6.45, 7) is 3.12. The maximum Gasteiger partial charge on any atom is 0.417 e. The molecular formula is C33H42F3N3O6. The number of aliphatic hydroxyl groups is 1. The third kappa shape index (κ3) is 8.33. The van der Waals surface area contributed by atoms with Crippen molar-refractivity contribution >= 4 is 17.8 Å². The topological polar surface area (TPSA) is 120 Å². The highest BCUT2D eigenvalue weighted by molar-refractivity contribution is 5.96. The molecule has 3 heterocycles. The minimum absolute atomic E-state index is 0.115. The van der Waals surface area contributed by atoms with Crippen molar-refractivity contribution in [1.82, 2.24) is 14.8 Å². The first kappa shape index (κ1) is 34.2. The molecule has 12 heteroatoms. The van der Waals surface area contributed by atoms with Gasteiger partial charge in [0.05, 0.1) is 29.3 Å². The van der Waals surface area contributed by atoms with E-state index in [-0.39, 0.29) is 44.8 Å². The highest BCUT2D eigenvalue weighted by Crippen LogP contribution is 2.40. The van der Waals surface area contributed by atoms with E-state index in [0.717, 1.165) is 18.5 Å². The van der Waals surface area contributed by atoms with E-state index in [1.54, 1.807) is 11.0 Å². The summed E-state index contributed by atoms with van der Waals surface area (Å²) < 4.78 is 47.1. The fourth-order valence-corrected chi connectivity index (χ4v) is 6.53. The van der Waals surface area contributed by atoms with E-state index in [0.29, 0.717) is 62.9 Å². The number of piperidine rings is 2. The van der Waals surface area contributed by atoms with Crippen molar-refractivity contribution in [2.45, 2.75) is 89.0 Å². The molecule has 2 aromatic rings. The number of aromatic nitrogens is 1. The molecule has 2 amide bonds. The van der Waals surface area contributed by atoms with Crippen molar-refractivity contribution in [3.63, 3.8) is 0 Å². The van der Waals surface area contributed by atoms with Gasteiger partial charge in [0.15, 0.2) is 0 Å². The number of amides is 2. The lowest BCUT2D eigenvalue weighted by Gasteiger charge is -2.45. The molecule has 1 aromatic carbocycles. The second-order valence-corrected chi connectivity index (χ2v) is 11.9. The van der Waals surface area contributed by atoms with Crippen LogP contribution in [0.4, 0.5) is 13.2 Å². The summed E-state index contributed by atoms with van der Waals surface area (Å²) in [6.07, 6.45) is 2.01. The molecule has 4 rings (SSSR count). The summed E-state index contributed by atoms with van der Waals surface area (Å²) >= 11 is 0. The van der Waals surface area contributed by atoms with Gasteiger partial charge in [-0.2, -0.15) is 13.2 Å². The second-order valence-electron chi connectivity index (χ2n) is 11.9. The van der Waals surface area contributed by atoms with Crippen molar-refractivity contribution in [3.05, 3.63) is 59.4 Å². The monoisotopic (exact) mass is 633 g/mol. The van der Waals surface area contributed by atoms with Gasteiger partial charge in [-0.25, -0.2) is 0 Å². The number of carbonyl (C=O) groups is 3. The van der Waals surface area contributed by atoms with Gasteiger partial charge in [-0.1, -0.05) is 31.5 Å². The van der Waals surface area contributed by atoms with E-state index >= 15 is 0 Å². The van der Waals surface area contributed by atoms with Crippen LogP contribution in [0.2, 0.25) is 0 Å². The minimum Gasteiger partial charge on any atom is -0.493 e. The van der Waals surface area contributed by atoms with E-state index in [1.165, 1.54) is 4.90 Å². The highest BCUT2D eigenvalue weighted by atomic mass is 19.4. The number of hydrogen-bond acceptors (Lipinski definition) is 6. The molecule has 0 radical (unpaired) electrons. The fraction of sp³-hybridized carbons (Fsp3) is 0.576. The number of hydrogen-bond donors (Lipinski definition) is 2. The van der Waals surface area contributed by atoms with Gasteiger partial charge in [0.2, 0.25) is 5.91 Å². The standard InChI is InChI=1S/C33H42F3N3O6/c1-2-9-27-23(10-8-18-39(27)31(43)24-22-37-17-14-25(24)33(34,35)36)30(42)38-19-15-32(44,16-20-38)26-11-5-6-12-28(26)45-21-7-3-4-13-29(40)41/h5-6,11-12,14,17,22-23,27,44H,2-4,7-10,13,15-16,18-21H2,1H3,(H,40,41). The number of unbranched alkanes of at least 4 members (excludes halogenated alkanes) is 2. The lowest BCUT2D eigenvalue weighted by atomic mass is 9.81. The van der Waals surface area contributed by atoms with Crippen molar-refractivity contribution in [2.75, 3.05) is 26.2 Å². The zero-order valence-electron chi connectivity index (χ0n) is 25.6. The van der Waals surface area contributed by atoms with E-state index < -0.39 is 46.7 Å². The van der Waals surface area contributed by atoms with Crippen LogP contribution >= 0.6 is 0 Å². The molecule has 2 aliphatic rings. The Balaban J connectivity index is 1.42. The van der Waals surface area contributed by atoms with Gasteiger partial charge in [-0.3, -0.25) is 19.4 Å². The zero-order valence-corrected chi connectivity index (χ0v) is 25.6. The fourth-order valence-electron chi connectivity index (χ4n) is 6.53. The molecule has 45 heavy (non-hydrogen) atoms. The Morgan fingerprint density at radius 3 is 2.49 bits per heavy atom. The maximum absolute atomic E-state index is 13.9. The van der Waals surface area contributed by atoms with Gasteiger partial charge in [0.25, 0.3) is 5.91 Å². The number of carboxylic acids is 1. The van der Waals surface area contributed by atoms with Crippen LogP contribution in [0.15, 0.2) is 42.7 Å². The van der Waals surface area contributed by atoms with Gasteiger partial charge in [0.1, 0.15) is 5.75 Å². The van der Waals surface area contributed by atoms with Crippen LogP contribution in [0, 0.1) is 5.92 Å². The largest absolute Gasteiger partial charge is 0.493 e. The number of likely N-dealkylation sites (tertiary alicyclic amines) is 2. The average Bonchev–Trinajstić information content (AvgIpc) is 3.02. The Morgan fingerprint density at radius 2 is 1.80 bits per heavy atom. The number of pyridine rings is 1. The summed E-state index contributed by atoms with van der Waals surface area (Å²) in [5, 5.41) is 20.5. The molecule has 246 valence electrons. The summed E-state index contributed by atoms with van der Waals surface area (Å²) in [5.74, 6) is -1.75. The zero-order chi connectivity index (χ0) is 32.6. The summed E-state index contributed by atoms with van der Waals surface area (Å²) in [7, 11) is 0. The Labute approximate surface area is 261 Å². The Hall–Kier alpha value is -3.67. The van der Waals surface area contributed by atoms with Gasteiger partial charge in [0, 0.05) is 50.1 Å². The molecule has 2 aliphatic heterocycles. The second kappa shape index (κ2) is 15.1. The number of nitrogens with zero attached hydrogens (tertiary/aromatic N) is 3. The number of ether oxygens (including phenoxy) is 1. The van der Waals surface area contributed by atoms with Gasteiger partial charge < -0.3 is 24.7 Å². The van der Waals surface area contributed by atoms with Crippen LogP contribution in [0.3, 0.4) is 0 Å². The number of benzene rings is 1. The number of carboxylic acid groups (broad SMARTS) is 1. The van der Waals surface area contributed by atoms with Gasteiger partial charge >= 0.3 is 12.1 Å². The van der Waals surface area contributed by atoms with Crippen LogP contribution in [-0.4, -0.2) is 75.1 Å². The maximum atomic E-state index is 13.9. The molecule has 0 saturated carbocycles. The number of alkyl halides is 3. The summed E-state index contributed by atoms with van der Waals surface area (Å²) in [5.41, 5.74) is -2.13. The van der Waals surface area contributed by atoms with Crippen LogP contribution in [0.1, 0.15) is 92.6 Å². The number of carbonyl (C=O) groups excluding carboxylic acids is 2. The van der Waals surface area contributed by atoms with E-state index in [4.69, 9.17) is 9.84 Å². The molecule has 0 aliphatic carbocycles. The number of halogens is 3. The molecule has 2 N–H and O–H groups in total. The predicted octanol–water partition coefficient (Wildman–Crippen LogP) is 5.66. The van der Waals surface area contributed by atoms with Crippen LogP contribution < -0.4 is 4.74 Å². The van der Waals surface area contributed by atoms with Crippen molar-refractivity contribution in [2.24, 2.45) is 5.92 Å². The molecule has 0 spiro atoms. The number of para-hydroxylation sites is 1. The predicted molar refractivity (Wildman–Crippen MR) is 159 cm³/mol. The quantitative estimate of drug-likeness (QED) is 0.290. The normalized spacial score (nSPS) is 20.1. The first-order valence-corrected chi connectivity index (χ1v) is 15.7. The first-order chi connectivity index (χ1) is 21.5. The highest BCUT2D eigenvalue weighted by Gasteiger charge is 2.44. The molecule has 0 bridgehead atoms. The molecule has 9 nitrogen and oxygen atoms in total. The lowest BCUT2D eigenvalue weighted by Crippen LogP contribution is -2.55. The Bertz CT molecular complexity index is 1330. The molecule has 2 atom stereocenters. The minimum atomic E-state index is -4.71. The van der Waals surface area contributed by atoms with Gasteiger partial charge in [-0.15, -0.1) is 0 Å². The molecular weight excluding hydrogens is 591 g/mol. The number of aliphatic carboxylic acids is 1. The van der Waals surface area contributed by atoms with E-state index in [2.05, 4.69) is 4.98 Å². The Kier molecular flexibility index (Phi) is 11.5. The van der Waals surface area contributed by atoms with Crippen molar-refractivity contribution in [3.8, 4) is 5.75 Å². The first-order valence-electron chi connectivity index (χ1n) is 15.7. The van der Waals surface area contributed by atoms with Crippen molar-refractivity contribution < 1.29 is 42.5 Å². The van der Waals surface area contributed by atoms with Gasteiger partial charge in [-0.05, 0) is 63.5 Å². The van der Waals surface area contributed by atoms with Crippen molar-refractivity contribution in [1.29, 1.82) is 0 Å².